The summed E-state index contributed by atoms with van der Waals surface area (Å²) in [5, 5.41) is 2.26. The normalized spacial score (nSPS) is 11.0. The summed E-state index contributed by atoms with van der Waals surface area (Å²) in [6.07, 6.45) is 7.90. The number of unbranched alkanes of at least 4 members (excludes halogenated alkanes) is 1. The fraction of sp³-hybridized carbons (Fsp3) is 0.368. The molecule has 0 aliphatic carbocycles. The van der Waals surface area contributed by atoms with Crippen molar-refractivity contribution in [2.45, 2.75) is 26.3 Å². The third-order valence-electron chi connectivity index (χ3n) is 3.53. The van der Waals surface area contributed by atoms with Gasteiger partial charge in [-0.2, -0.15) is 0 Å². The molecule has 0 aliphatic heterocycles. The maximum absolute atomic E-state index is 5.83. The number of quaternary nitrogens is 1. The minimum Gasteiger partial charge on any atom is -0.493 e. The summed E-state index contributed by atoms with van der Waals surface area (Å²) in [6, 6.07) is 9.92. The fourth-order valence-electron chi connectivity index (χ4n) is 2.35. The molecule has 0 amide bonds. The average molecular weight is 316 g/mol. The SMILES string of the molecule is C/C=C/c1ccc(OCCCC[NH2+]Cc2ccco2)c(OC)c1. The van der Waals surface area contributed by atoms with Crippen LogP contribution in [0.2, 0.25) is 0 Å². The Balaban J connectivity index is 1.65. The van der Waals surface area contributed by atoms with Crippen LogP contribution in [0.4, 0.5) is 0 Å². The Morgan fingerprint density at radius 1 is 1.17 bits per heavy atom. The first-order chi connectivity index (χ1) is 11.3. The van der Waals surface area contributed by atoms with E-state index in [2.05, 4.69) is 5.32 Å². The maximum atomic E-state index is 5.83. The number of hydrogen-bond donors (Lipinski definition) is 1. The summed E-state index contributed by atoms with van der Waals surface area (Å²) in [5.41, 5.74) is 1.12. The highest BCUT2D eigenvalue weighted by molar-refractivity contribution is 5.55. The number of ether oxygens (including phenoxy) is 2. The Labute approximate surface area is 138 Å². The van der Waals surface area contributed by atoms with Gasteiger partial charge in [0.1, 0.15) is 6.54 Å². The molecular weight excluding hydrogens is 290 g/mol. The predicted molar refractivity (Wildman–Crippen MR) is 91.6 cm³/mol. The molecule has 2 N–H and O–H groups in total. The van der Waals surface area contributed by atoms with E-state index in [9.17, 15) is 0 Å². The van der Waals surface area contributed by atoms with E-state index in [-0.39, 0.29) is 0 Å². The highest BCUT2D eigenvalue weighted by Gasteiger charge is 2.05. The van der Waals surface area contributed by atoms with E-state index >= 15 is 0 Å². The van der Waals surface area contributed by atoms with E-state index in [0.29, 0.717) is 6.61 Å². The van der Waals surface area contributed by atoms with E-state index in [1.807, 2.05) is 49.4 Å². The van der Waals surface area contributed by atoms with E-state index in [1.165, 1.54) is 0 Å². The Morgan fingerprint density at radius 2 is 2.09 bits per heavy atom. The molecule has 0 fully saturated rings. The van der Waals surface area contributed by atoms with Crippen molar-refractivity contribution in [2.75, 3.05) is 20.3 Å². The quantitative estimate of drug-likeness (QED) is 0.685. The van der Waals surface area contributed by atoms with Gasteiger partial charge >= 0.3 is 0 Å². The summed E-state index contributed by atoms with van der Waals surface area (Å²) >= 11 is 0. The molecule has 124 valence electrons. The van der Waals surface area contributed by atoms with Crippen molar-refractivity contribution in [3.05, 3.63) is 54.0 Å². The van der Waals surface area contributed by atoms with Crippen LogP contribution < -0.4 is 14.8 Å². The van der Waals surface area contributed by atoms with Crippen molar-refractivity contribution in [2.24, 2.45) is 0 Å². The zero-order chi connectivity index (χ0) is 16.3. The van der Waals surface area contributed by atoms with Gasteiger partial charge in [-0.25, -0.2) is 0 Å². The van der Waals surface area contributed by atoms with Crippen LogP contribution in [0.3, 0.4) is 0 Å². The topological polar surface area (TPSA) is 48.2 Å². The zero-order valence-corrected chi connectivity index (χ0v) is 14.0. The lowest BCUT2D eigenvalue weighted by Crippen LogP contribution is -2.82. The van der Waals surface area contributed by atoms with Gasteiger partial charge in [0.05, 0.1) is 26.5 Å². The van der Waals surface area contributed by atoms with Crippen LogP contribution in [0.1, 0.15) is 31.1 Å². The molecule has 23 heavy (non-hydrogen) atoms. The zero-order valence-electron chi connectivity index (χ0n) is 14.0. The van der Waals surface area contributed by atoms with Gasteiger partial charge in [-0.05, 0) is 49.6 Å². The van der Waals surface area contributed by atoms with Gasteiger partial charge in [0, 0.05) is 0 Å². The summed E-state index contributed by atoms with van der Waals surface area (Å²) in [6.45, 7) is 4.67. The van der Waals surface area contributed by atoms with Crippen LogP contribution in [0.25, 0.3) is 6.08 Å². The lowest BCUT2D eigenvalue weighted by molar-refractivity contribution is -0.672. The number of hydrogen-bond acceptors (Lipinski definition) is 3. The summed E-state index contributed by atoms with van der Waals surface area (Å²) in [4.78, 5) is 0. The van der Waals surface area contributed by atoms with E-state index < -0.39 is 0 Å². The van der Waals surface area contributed by atoms with Crippen molar-refractivity contribution in [3.63, 3.8) is 0 Å². The van der Waals surface area contributed by atoms with Gasteiger partial charge < -0.3 is 19.2 Å². The predicted octanol–water partition coefficient (Wildman–Crippen LogP) is 3.24. The van der Waals surface area contributed by atoms with Crippen molar-refractivity contribution >= 4 is 6.08 Å². The molecule has 4 heteroatoms. The van der Waals surface area contributed by atoms with Crippen molar-refractivity contribution in [3.8, 4) is 11.5 Å². The first kappa shape index (κ1) is 17.2. The molecule has 0 spiro atoms. The van der Waals surface area contributed by atoms with Crippen LogP contribution in [0.15, 0.2) is 47.1 Å². The third-order valence-corrected chi connectivity index (χ3v) is 3.53. The molecule has 2 aromatic rings. The highest BCUT2D eigenvalue weighted by atomic mass is 16.5. The summed E-state index contributed by atoms with van der Waals surface area (Å²) < 4.78 is 16.5. The Bertz CT molecular complexity index is 591. The van der Waals surface area contributed by atoms with E-state index in [0.717, 1.165) is 48.8 Å². The summed E-state index contributed by atoms with van der Waals surface area (Å²) in [5.74, 6) is 2.61. The van der Waals surface area contributed by atoms with E-state index in [1.54, 1.807) is 13.4 Å². The molecule has 2 rings (SSSR count). The van der Waals surface area contributed by atoms with Crippen LogP contribution in [-0.2, 0) is 6.54 Å². The lowest BCUT2D eigenvalue weighted by atomic mass is 10.2. The van der Waals surface area contributed by atoms with Gasteiger partial charge in [0.2, 0.25) is 0 Å². The molecule has 0 aliphatic rings. The van der Waals surface area contributed by atoms with Gasteiger partial charge in [0.25, 0.3) is 0 Å². The Kier molecular flexibility index (Phi) is 7.27. The Morgan fingerprint density at radius 3 is 2.83 bits per heavy atom. The number of benzene rings is 1. The minimum atomic E-state index is 0.702. The van der Waals surface area contributed by atoms with E-state index in [4.69, 9.17) is 13.9 Å². The minimum absolute atomic E-state index is 0.702. The molecule has 0 unspecified atom stereocenters. The first-order valence-corrected chi connectivity index (χ1v) is 8.11. The molecule has 0 atom stereocenters. The average Bonchev–Trinajstić information content (AvgIpc) is 3.08. The standard InChI is InChI=1S/C19H25NO3/c1-3-7-16-9-10-18(19(14-16)21-2)23-12-5-4-11-20-15-17-8-6-13-22-17/h3,6-10,13-14,20H,4-5,11-12,15H2,1-2H3/p+1/b7-3+. The highest BCUT2D eigenvalue weighted by Crippen LogP contribution is 2.28. The molecule has 1 aromatic heterocycles. The molecule has 0 radical (unpaired) electrons. The van der Waals surface area contributed by atoms with Crippen LogP contribution in [0.5, 0.6) is 11.5 Å². The third kappa shape index (κ3) is 5.83. The van der Waals surface area contributed by atoms with Gasteiger partial charge in [-0.15, -0.1) is 0 Å². The molecule has 1 heterocycles. The molecule has 0 saturated heterocycles. The summed E-state index contributed by atoms with van der Waals surface area (Å²) in [7, 11) is 1.67. The molecule has 4 nitrogen and oxygen atoms in total. The van der Waals surface area contributed by atoms with Gasteiger partial charge in [-0.1, -0.05) is 18.2 Å². The molecule has 1 aromatic carbocycles. The molecular formula is C19H26NO3+. The van der Waals surface area contributed by atoms with Crippen molar-refractivity contribution in [1.29, 1.82) is 0 Å². The number of allylic oxidation sites excluding steroid dienone is 1. The number of rotatable bonds is 10. The van der Waals surface area contributed by atoms with Gasteiger partial charge in [0.15, 0.2) is 17.3 Å². The second-order valence-corrected chi connectivity index (χ2v) is 5.33. The monoisotopic (exact) mass is 316 g/mol. The largest absolute Gasteiger partial charge is 0.493 e. The maximum Gasteiger partial charge on any atom is 0.161 e. The number of methoxy groups -OCH3 is 1. The Hall–Kier alpha value is -2.20. The van der Waals surface area contributed by atoms with Crippen LogP contribution >= 0.6 is 0 Å². The first-order valence-electron chi connectivity index (χ1n) is 8.11. The second-order valence-electron chi connectivity index (χ2n) is 5.33. The number of nitrogens with two attached hydrogens (primary N) is 1. The smallest absolute Gasteiger partial charge is 0.161 e. The number of furan rings is 1. The van der Waals surface area contributed by atoms with Crippen molar-refractivity contribution < 1.29 is 19.2 Å². The van der Waals surface area contributed by atoms with Gasteiger partial charge in [-0.3, -0.25) is 0 Å². The van der Waals surface area contributed by atoms with Crippen molar-refractivity contribution in [1.82, 2.24) is 0 Å². The lowest BCUT2D eigenvalue weighted by Gasteiger charge is -2.11. The molecule has 0 bridgehead atoms. The fourth-order valence-corrected chi connectivity index (χ4v) is 2.35. The molecule has 0 saturated carbocycles. The van der Waals surface area contributed by atoms with Crippen LogP contribution in [0, 0.1) is 0 Å². The van der Waals surface area contributed by atoms with Crippen LogP contribution in [-0.4, -0.2) is 20.3 Å². The second kappa shape index (κ2) is 9.74.